The van der Waals surface area contributed by atoms with Crippen molar-refractivity contribution in [2.24, 2.45) is 0 Å². The molecule has 1 amide bonds. The first-order valence-corrected chi connectivity index (χ1v) is 7.20. The molecule has 2 aromatic heterocycles. The molecule has 1 fully saturated rings. The number of amides is 1. The van der Waals surface area contributed by atoms with Crippen molar-refractivity contribution in [3.05, 3.63) is 30.2 Å². The van der Waals surface area contributed by atoms with Crippen LogP contribution in [-0.4, -0.2) is 21.7 Å². The van der Waals surface area contributed by atoms with Gasteiger partial charge >= 0.3 is 0 Å². The van der Waals surface area contributed by atoms with Crippen molar-refractivity contribution in [1.29, 1.82) is 0 Å². The number of carbonyl (C=O) groups excluding carboxylic acids is 1. The maximum absolute atomic E-state index is 12.2. The molecule has 5 nitrogen and oxygen atoms in total. The monoisotopic (exact) mass is 273 g/mol. The molecule has 20 heavy (non-hydrogen) atoms. The molecule has 0 saturated heterocycles. The molecule has 0 atom stereocenters. The minimum Gasteiger partial charge on any atom is -0.463 e. The normalized spacial score (nSPS) is 15.7. The summed E-state index contributed by atoms with van der Waals surface area (Å²) in [5.41, 5.74) is 1.30. The molecule has 3 rings (SSSR count). The van der Waals surface area contributed by atoms with Crippen LogP contribution in [0.2, 0.25) is 0 Å². The van der Waals surface area contributed by atoms with Gasteiger partial charge in [-0.15, -0.1) is 0 Å². The topological polar surface area (TPSA) is 60.1 Å². The fourth-order valence-corrected chi connectivity index (χ4v) is 2.72. The van der Waals surface area contributed by atoms with Crippen molar-refractivity contribution in [1.82, 2.24) is 15.1 Å². The van der Waals surface area contributed by atoms with Gasteiger partial charge in [-0.3, -0.25) is 9.48 Å². The fraction of sp³-hybridized carbons (Fsp3) is 0.467. The highest BCUT2D eigenvalue weighted by Crippen LogP contribution is 2.22. The van der Waals surface area contributed by atoms with Gasteiger partial charge in [-0.25, -0.2) is 0 Å². The maximum Gasteiger partial charge on any atom is 0.272 e. The van der Waals surface area contributed by atoms with E-state index in [-0.39, 0.29) is 5.91 Å². The molecule has 106 valence electrons. The number of nitrogens with zero attached hydrogens (tertiary/aromatic N) is 2. The Kier molecular flexibility index (Phi) is 3.58. The minimum atomic E-state index is -0.0862. The lowest BCUT2D eigenvalue weighted by Crippen LogP contribution is -2.32. The first-order valence-electron chi connectivity index (χ1n) is 7.20. The number of carbonyl (C=O) groups is 1. The molecular weight excluding hydrogens is 254 g/mol. The molecule has 5 heteroatoms. The van der Waals surface area contributed by atoms with Crippen molar-refractivity contribution < 1.29 is 9.21 Å². The van der Waals surface area contributed by atoms with Crippen LogP contribution in [0.5, 0.6) is 0 Å². The highest BCUT2D eigenvalue weighted by molar-refractivity contribution is 5.93. The lowest BCUT2D eigenvalue weighted by molar-refractivity contribution is 0.0932. The van der Waals surface area contributed by atoms with Gasteiger partial charge in [0.2, 0.25) is 0 Å². The third-order valence-corrected chi connectivity index (χ3v) is 3.78. The van der Waals surface area contributed by atoms with Gasteiger partial charge in [0.25, 0.3) is 5.91 Å². The van der Waals surface area contributed by atoms with E-state index in [2.05, 4.69) is 10.4 Å². The third kappa shape index (κ3) is 2.48. The summed E-state index contributed by atoms with van der Waals surface area (Å²) in [6.45, 7) is 2.70. The van der Waals surface area contributed by atoms with Crippen LogP contribution in [0.15, 0.2) is 28.9 Å². The average Bonchev–Trinajstić information content (AvgIpc) is 3.19. The van der Waals surface area contributed by atoms with Crippen LogP contribution in [0, 0.1) is 0 Å². The highest BCUT2D eigenvalue weighted by atomic mass is 16.3. The molecule has 1 aliphatic rings. The Balaban J connectivity index is 1.81. The molecule has 2 aromatic rings. The summed E-state index contributed by atoms with van der Waals surface area (Å²) in [5, 5.41) is 7.43. The molecule has 0 radical (unpaired) electrons. The predicted octanol–water partition coefficient (Wildman–Crippen LogP) is 2.84. The van der Waals surface area contributed by atoms with Gasteiger partial charge in [0, 0.05) is 18.7 Å². The molecule has 2 heterocycles. The van der Waals surface area contributed by atoms with Crippen LogP contribution < -0.4 is 5.32 Å². The Bertz CT molecular complexity index is 580. The second kappa shape index (κ2) is 5.53. The first kappa shape index (κ1) is 13.0. The molecule has 1 saturated carbocycles. The van der Waals surface area contributed by atoms with E-state index in [4.69, 9.17) is 4.42 Å². The van der Waals surface area contributed by atoms with Crippen molar-refractivity contribution in [2.45, 2.75) is 45.2 Å². The van der Waals surface area contributed by atoms with E-state index >= 15 is 0 Å². The van der Waals surface area contributed by atoms with E-state index in [0.29, 0.717) is 18.3 Å². The van der Waals surface area contributed by atoms with Crippen LogP contribution in [0.1, 0.15) is 43.1 Å². The Hall–Kier alpha value is -2.04. The summed E-state index contributed by atoms with van der Waals surface area (Å²) in [6.07, 6.45) is 6.18. The zero-order valence-electron chi connectivity index (χ0n) is 11.6. The van der Waals surface area contributed by atoms with E-state index < -0.39 is 0 Å². The predicted molar refractivity (Wildman–Crippen MR) is 75.3 cm³/mol. The Morgan fingerprint density at radius 1 is 1.50 bits per heavy atom. The number of aryl methyl sites for hydroxylation is 1. The van der Waals surface area contributed by atoms with Crippen LogP contribution in [0.3, 0.4) is 0 Å². The second-order valence-corrected chi connectivity index (χ2v) is 5.16. The summed E-state index contributed by atoms with van der Waals surface area (Å²) in [4.78, 5) is 12.2. The zero-order chi connectivity index (χ0) is 13.9. The third-order valence-electron chi connectivity index (χ3n) is 3.78. The molecule has 0 spiro atoms. The van der Waals surface area contributed by atoms with Crippen LogP contribution in [-0.2, 0) is 6.54 Å². The first-order chi connectivity index (χ1) is 9.78. The molecule has 0 unspecified atom stereocenters. The Morgan fingerprint density at radius 3 is 2.95 bits per heavy atom. The average molecular weight is 273 g/mol. The van der Waals surface area contributed by atoms with Crippen molar-refractivity contribution >= 4 is 5.91 Å². The van der Waals surface area contributed by atoms with Gasteiger partial charge < -0.3 is 9.73 Å². The lowest BCUT2D eigenvalue weighted by atomic mass is 10.2. The second-order valence-electron chi connectivity index (χ2n) is 5.16. The maximum atomic E-state index is 12.2. The SMILES string of the molecule is CCn1nc(C(=O)NC2CCCC2)cc1-c1ccco1. The standard InChI is InChI=1S/C15H19N3O2/c1-2-18-13(14-8-5-9-20-14)10-12(17-18)15(19)16-11-6-3-4-7-11/h5,8-11H,2-4,6-7H2,1H3,(H,16,19). The molecule has 1 N–H and O–H groups in total. The molecular formula is C15H19N3O2. The summed E-state index contributed by atoms with van der Waals surface area (Å²) in [5.74, 6) is 0.649. The molecule has 0 bridgehead atoms. The zero-order valence-corrected chi connectivity index (χ0v) is 11.6. The summed E-state index contributed by atoms with van der Waals surface area (Å²) < 4.78 is 7.19. The summed E-state index contributed by atoms with van der Waals surface area (Å²) >= 11 is 0. The molecule has 0 aromatic carbocycles. The van der Waals surface area contributed by atoms with Crippen LogP contribution in [0.4, 0.5) is 0 Å². The van der Waals surface area contributed by atoms with E-state index in [1.165, 1.54) is 12.8 Å². The van der Waals surface area contributed by atoms with Gasteiger partial charge in [0.05, 0.1) is 6.26 Å². The van der Waals surface area contributed by atoms with Crippen molar-refractivity contribution in [3.8, 4) is 11.5 Å². The van der Waals surface area contributed by atoms with E-state index in [1.54, 1.807) is 17.0 Å². The quantitative estimate of drug-likeness (QED) is 0.931. The van der Waals surface area contributed by atoms with E-state index in [1.807, 2.05) is 19.1 Å². The van der Waals surface area contributed by atoms with E-state index in [9.17, 15) is 4.79 Å². The molecule has 1 aliphatic carbocycles. The summed E-state index contributed by atoms with van der Waals surface area (Å²) in [7, 11) is 0. The van der Waals surface area contributed by atoms with Gasteiger partial charge in [0.1, 0.15) is 5.69 Å². The molecule has 0 aliphatic heterocycles. The van der Waals surface area contributed by atoms with Gasteiger partial charge in [0.15, 0.2) is 11.5 Å². The minimum absolute atomic E-state index is 0.0862. The Labute approximate surface area is 118 Å². The van der Waals surface area contributed by atoms with Gasteiger partial charge in [-0.05, 0) is 31.9 Å². The number of rotatable bonds is 4. The number of nitrogens with one attached hydrogen (secondary N) is 1. The number of hydrogen-bond acceptors (Lipinski definition) is 3. The number of furan rings is 1. The van der Waals surface area contributed by atoms with Gasteiger partial charge in [-0.2, -0.15) is 5.10 Å². The Morgan fingerprint density at radius 2 is 2.30 bits per heavy atom. The fourth-order valence-electron chi connectivity index (χ4n) is 2.72. The van der Waals surface area contributed by atoms with Gasteiger partial charge in [-0.1, -0.05) is 12.8 Å². The van der Waals surface area contributed by atoms with Crippen LogP contribution in [0.25, 0.3) is 11.5 Å². The van der Waals surface area contributed by atoms with E-state index in [0.717, 1.165) is 24.3 Å². The summed E-state index contributed by atoms with van der Waals surface area (Å²) in [6, 6.07) is 5.82. The smallest absolute Gasteiger partial charge is 0.272 e. The lowest BCUT2D eigenvalue weighted by Gasteiger charge is -2.09. The largest absolute Gasteiger partial charge is 0.463 e. The highest BCUT2D eigenvalue weighted by Gasteiger charge is 2.21. The number of hydrogen-bond donors (Lipinski definition) is 1. The van der Waals surface area contributed by atoms with Crippen molar-refractivity contribution in [3.63, 3.8) is 0 Å². The number of aromatic nitrogens is 2. The van der Waals surface area contributed by atoms with Crippen LogP contribution >= 0.6 is 0 Å². The van der Waals surface area contributed by atoms with Crippen molar-refractivity contribution in [2.75, 3.05) is 0 Å².